The third kappa shape index (κ3) is 4.43. The van der Waals surface area contributed by atoms with E-state index < -0.39 is 0 Å². The van der Waals surface area contributed by atoms with E-state index in [1.54, 1.807) is 11.3 Å². The Kier molecular flexibility index (Phi) is 5.69. The molecule has 0 fully saturated rings. The van der Waals surface area contributed by atoms with E-state index in [1.165, 1.54) is 0 Å². The molecule has 0 aliphatic rings. The Morgan fingerprint density at radius 3 is 3.10 bits per heavy atom. The summed E-state index contributed by atoms with van der Waals surface area (Å²) in [7, 11) is 0. The molecule has 0 radical (unpaired) electrons. The van der Waals surface area contributed by atoms with Crippen LogP contribution in [0.2, 0.25) is 0 Å². The molecule has 0 aliphatic heterocycles. The summed E-state index contributed by atoms with van der Waals surface area (Å²) >= 11 is 1.56. The fourth-order valence-corrected chi connectivity index (χ4v) is 2.31. The predicted octanol–water partition coefficient (Wildman–Crippen LogP) is 1.62. The second-order valence-corrected chi connectivity index (χ2v) is 5.22. The Morgan fingerprint density at radius 2 is 2.35 bits per heavy atom. The van der Waals surface area contributed by atoms with Crippen LogP contribution >= 0.6 is 11.3 Å². The van der Waals surface area contributed by atoms with Crippen LogP contribution in [0.25, 0.3) is 10.7 Å². The van der Waals surface area contributed by atoms with Crippen LogP contribution < -0.4 is 5.32 Å². The number of amides is 1. The monoisotopic (exact) mass is 295 g/mol. The molecule has 0 atom stereocenters. The van der Waals surface area contributed by atoms with Gasteiger partial charge in [-0.15, -0.1) is 11.3 Å². The lowest BCUT2D eigenvalue weighted by molar-refractivity contribution is -0.121. The van der Waals surface area contributed by atoms with Crippen molar-refractivity contribution < 1.29 is 14.4 Å². The normalized spacial score (nSPS) is 10.7. The molecule has 2 rings (SSSR count). The number of hydrogen-bond donors (Lipinski definition) is 2. The lowest BCUT2D eigenvalue weighted by Crippen LogP contribution is -2.24. The number of aryl methyl sites for hydroxylation is 1. The number of rotatable bonds is 8. The first-order chi connectivity index (χ1) is 9.79. The van der Waals surface area contributed by atoms with E-state index in [0.29, 0.717) is 43.9 Å². The van der Waals surface area contributed by atoms with Crippen molar-refractivity contribution in [1.29, 1.82) is 0 Å². The quantitative estimate of drug-likeness (QED) is 0.722. The largest absolute Gasteiger partial charge is 0.396 e. The molecule has 2 heterocycles. The number of nitrogens with zero attached hydrogens (tertiary/aromatic N) is 2. The van der Waals surface area contributed by atoms with Crippen molar-refractivity contribution in [2.75, 3.05) is 13.2 Å². The summed E-state index contributed by atoms with van der Waals surface area (Å²) in [6, 6.07) is 3.88. The molecule has 2 aromatic rings. The summed E-state index contributed by atoms with van der Waals surface area (Å²) in [5.41, 5.74) is 0. The summed E-state index contributed by atoms with van der Waals surface area (Å²) in [5.74, 6) is 1.13. The van der Waals surface area contributed by atoms with Gasteiger partial charge in [-0.3, -0.25) is 4.79 Å². The van der Waals surface area contributed by atoms with Gasteiger partial charge in [0.05, 0.1) is 4.88 Å². The number of aromatic nitrogens is 2. The van der Waals surface area contributed by atoms with Crippen LogP contribution in [-0.4, -0.2) is 34.3 Å². The zero-order valence-electron chi connectivity index (χ0n) is 11.0. The second-order valence-electron chi connectivity index (χ2n) is 4.27. The average molecular weight is 295 g/mol. The summed E-state index contributed by atoms with van der Waals surface area (Å²) in [6.07, 6.45) is 2.25. The Morgan fingerprint density at radius 1 is 1.45 bits per heavy atom. The molecule has 0 saturated carbocycles. The zero-order chi connectivity index (χ0) is 14.2. The van der Waals surface area contributed by atoms with Crippen LogP contribution in [0.15, 0.2) is 22.0 Å². The minimum Gasteiger partial charge on any atom is -0.396 e. The number of aliphatic hydroxyl groups is 1. The molecule has 0 bridgehead atoms. The molecule has 0 saturated heterocycles. The molecular formula is C13H17N3O3S. The van der Waals surface area contributed by atoms with E-state index >= 15 is 0 Å². The molecule has 20 heavy (non-hydrogen) atoms. The molecule has 0 aromatic carbocycles. The first kappa shape index (κ1) is 14.7. The van der Waals surface area contributed by atoms with Crippen molar-refractivity contribution >= 4 is 17.2 Å². The third-order valence-electron chi connectivity index (χ3n) is 2.66. The zero-order valence-corrected chi connectivity index (χ0v) is 11.9. The van der Waals surface area contributed by atoms with Crippen LogP contribution in [0.4, 0.5) is 0 Å². The maximum absolute atomic E-state index is 11.4. The summed E-state index contributed by atoms with van der Waals surface area (Å²) in [6.45, 7) is 0.603. The molecule has 2 aromatic heterocycles. The van der Waals surface area contributed by atoms with E-state index in [9.17, 15) is 4.79 Å². The highest BCUT2D eigenvalue weighted by Gasteiger charge is 2.09. The first-order valence-corrected chi connectivity index (χ1v) is 7.41. The number of carbonyl (C=O) groups is 1. The lowest BCUT2D eigenvalue weighted by atomic mass is 10.2. The van der Waals surface area contributed by atoms with Crippen LogP contribution in [0.3, 0.4) is 0 Å². The Hall–Kier alpha value is -1.73. The fourth-order valence-electron chi connectivity index (χ4n) is 1.66. The van der Waals surface area contributed by atoms with Crippen LogP contribution in [0.1, 0.15) is 25.2 Å². The maximum Gasteiger partial charge on any atom is 0.226 e. The van der Waals surface area contributed by atoms with Gasteiger partial charge in [0.15, 0.2) is 0 Å². The minimum absolute atomic E-state index is 0.0172. The smallest absolute Gasteiger partial charge is 0.226 e. The highest BCUT2D eigenvalue weighted by molar-refractivity contribution is 7.13. The van der Waals surface area contributed by atoms with Gasteiger partial charge in [0.25, 0.3) is 0 Å². The Balaban J connectivity index is 1.71. The summed E-state index contributed by atoms with van der Waals surface area (Å²) in [5, 5.41) is 17.2. The van der Waals surface area contributed by atoms with Gasteiger partial charge in [0.1, 0.15) is 0 Å². The summed E-state index contributed by atoms with van der Waals surface area (Å²) < 4.78 is 5.15. The number of hydrogen-bond acceptors (Lipinski definition) is 6. The number of aliphatic hydroxyl groups excluding tert-OH is 1. The molecule has 2 N–H and O–H groups in total. The third-order valence-corrected chi connectivity index (χ3v) is 3.53. The summed E-state index contributed by atoms with van der Waals surface area (Å²) in [4.78, 5) is 16.7. The topological polar surface area (TPSA) is 88.2 Å². The Bertz CT molecular complexity index is 525. The molecule has 0 spiro atoms. The van der Waals surface area contributed by atoms with Crippen LogP contribution in [-0.2, 0) is 11.2 Å². The van der Waals surface area contributed by atoms with E-state index in [1.807, 2.05) is 17.5 Å². The average Bonchev–Trinajstić information content (AvgIpc) is 3.09. The molecule has 108 valence electrons. The van der Waals surface area contributed by atoms with Gasteiger partial charge < -0.3 is 14.9 Å². The van der Waals surface area contributed by atoms with E-state index in [4.69, 9.17) is 9.63 Å². The fraction of sp³-hybridized carbons (Fsp3) is 0.462. The van der Waals surface area contributed by atoms with Gasteiger partial charge >= 0.3 is 0 Å². The highest BCUT2D eigenvalue weighted by atomic mass is 32.1. The van der Waals surface area contributed by atoms with Gasteiger partial charge in [0.2, 0.25) is 17.6 Å². The molecule has 7 heteroatoms. The molecule has 0 aliphatic carbocycles. The van der Waals surface area contributed by atoms with Crippen molar-refractivity contribution in [3.05, 3.63) is 23.4 Å². The van der Waals surface area contributed by atoms with Gasteiger partial charge in [-0.25, -0.2) is 0 Å². The van der Waals surface area contributed by atoms with E-state index in [2.05, 4.69) is 15.5 Å². The minimum atomic E-state index is -0.0172. The van der Waals surface area contributed by atoms with Gasteiger partial charge in [-0.1, -0.05) is 11.2 Å². The second kappa shape index (κ2) is 7.76. The molecule has 0 unspecified atom stereocenters. The molecular weight excluding hydrogens is 278 g/mol. The lowest BCUT2D eigenvalue weighted by Gasteiger charge is -2.02. The SMILES string of the molecule is O=C(CCCc1nc(-c2cccs2)no1)NCCCO. The van der Waals surface area contributed by atoms with Crippen molar-refractivity contribution in [2.24, 2.45) is 0 Å². The molecule has 1 amide bonds. The Labute approximate surface area is 120 Å². The van der Waals surface area contributed by atoms with Gasteiger partial charge in [-0.05, 0) is 24.3 Å². The van der Waals surface area contributed by atoms with Crippen molar-refractivity contribution in [3.8, 4) is 10.7 Å². The first-order valence-electron chi connectivity index (χ1n) is 6.53. The van der Waals surface area contributed by atoms with E-state index in [0.717, 1.165) is 4.88 Å². The van der Waals surface area contributed by atoms with Gasteiger partial charge in [0, 0.05) is 26.0 Å². The van der Waals surface area contributed by atoms with Crippen molar-refractivity contribution in [1.82, 2.24) is 15.5 Å². The van der Waals surface area contributed by atoms with E-state index in [-0.39, 0.29) is 12.5 Å². The van der Waals surface area contributed by atoms with Crippen LogP contribution in [0, 0.1) is 0 Å². The van der Waals surface area contributed by atoms with Crippen molar-refractivity contribution in [2.45, 2.75) is 25.7 Å². The highest BCUT2D eigenvalue weighted by Crippen LogP contribution is 2.21. The molecule has 6 nitrogen and oxygen atoms in total. The maximum atomic E-state index is 11.4. The van der Waals surface area contributed by atoms with Crippen LogP contribution in [0.5, 0.6) is 0 Å². The standard InChI is InChI=1S/C13H17N3O3S/c17-8-3-7-14-11(18)5-1-6-12-15-13(16-19-12)10-4-2-9-20-10/h2,4,9,17H,1,3,5-8H2,(H,14,18). The predicted molar refractivity (Wildman–Crippen MR) is 75.3 cm³/mol. The van der Waals surface area contributed by atoms with Crippen molar-refractivity contribution in [3.63, 3.8) is 0 Å². The van der Waals surface area contributed by atoms with Gasteiger partial charge in [-0.2, -0.15) is 4.98 Å². The number of carbonyl (C=O) groups excluding carboxylic acids is 1. The number of nitrogens with one attached hydrogen (secondary N) is 1. The number of thiophene rings is 1.